The number of rotatable bonds is 2. The van der Waals surface area contributed by atoms with Crippen molar-refractivity contribution in [1.29, 1.82) is 0 Å². The minimum Gasteiger partial charge on any atom is -0.497 e. The van der Waals surface area contributed by atoms with Crippen LogP contribution >= 0.6 is 0 Å². The predicted octanol–water partition coefficient (Wildman–Crippen LogP) is 4.93. The summed E-state index contributed by atoms with van der Waals surface area (Å²) in [4.78, 5) is 4.75. The van der Waals surface area contributed by atoms with Crippen LogP contribution in [0.4, 0.5) is 0 Å². The van der Waals surface area contributed by atoms with Crippen LogP contribution in [0.5, 0.6) is 5.75 Å². The van der Waals surface area contributed by atoms with Gasteiger partial charge < -0.3 is 9.30 Å². The van der Waals surface area contributed by atoms with Gasteiger partial charge in [-0.05, 0) is 37.4 Å². The van der Waals surface area contributed by atoms with Gasteiger partial charge >= 0.3 is 0 Å². The molecule has 0 aliphatic carbocycles. The molecule has 0 bridgehead atoms. The van der Waals surface area contributed by atoms with Crippen LogP contribution in [0.2, 0.25) is 0 Å². The summed E-state index contributed by atoms with van der Waals surface area (Å²) in [5.41, 5.74) is 2.24. The smallest absolute Gasteiger partial charge is 0.141 e. The third-order valence-electron chi connectivity index (χ3n) is 4.26. The minimum absolute atomic E-state index is 0.349. The molecule has 2 aromatic heterocycles. The van der Waals surface area contributed by atoms with Gasteiger partial charge in [0.2, 0.25) is 0 Å². The molecule has 110 valence electrons. The number of hydrogen-bond acceptors (Lipinski definition) is 2. The Morgan fingerprint density at radius 1 is 1.05 bits per heavy atom. The Morgan fingerprint density at radius 2 is 1.86 bits per heavy atom. The fourth-order valence-electron chi connectivity index (χ4n) is 3.29. The molecule has 0 aliphatic heterocycles. The van der Waals surface area contributed by atoms with E-state index in [1.807, 2.05) is 12.3 Å². The van der Waals surface area contributed by atoms with Crippen molar-refractivity contribution in [3.63, 3.8) is 0 Å². The maximum Gasteiger partial charge on any atom is 0.141 e. The normalized spacial score (nSPS) is 11.8. The van der Waals surface area contributed by atoms with E-state index < -0.39 is 0 Å². The topological polar surface area (TPSA) is 27.1 Å². The van der Waals surface area contributed by atoms with Gasteiger partial charge in [0.15, 0.2) is 0 Å². The fraction of sp³-hybridized carbons (Fsp3) is 0.211. The van der Waals surface area contributed by atoms with Gasteiger partial charge in [-0.15, -0.1) is 0 Å². The number of hydrogen-bond donors (Lipinski definition) is 0. The summed E-state index contributed by atoms with van der Waals surface area (Å²) in [7, 11) is 1.71. The number of methoxy groups -OCH3 is 1. The van der Waals surface area contributed by atoms with Gasteiger partial charge in [-0.2, -0.15) is 0 Å². The second-order valence-corrected chi connectivity index (χ2v) is 5.89. The molecule has 0 radical (unpaired) electrons. The van der Waals surface area contributed by atoms with Crippen LogP contribution < -0.4 is 4.74 Å². The Labute approximate surface area is 129 Å². The minimum atomic E-state index is 0.349. The molecule has 0 N–H and O–H groups in total. The second kappa shape index (κ2) is 4.73. The Hall–Kier alpha value is -2.55. The number of fused-ring (bicyclic) bond motifs is 5. The van der Waals surface area contributed by atoms with Crippen molar-refractivity contribution in [3.8, 4) is 5.75 Å². The van der Waals surface area contributed by atoms with E-state index in [0.29, 0.717) is 6.04 Å². The van der Waals surface area contributed by atoms with Gasteiger partial charge in [0.05, 0.1) is 12.6 Å². The monoisotopic (exact) mass is 290 g/mol. The lowest BCUT2D eigenvalue weighted by atomic mass is 10.1. The Morgan fingerprint density at radius 3 is 2.64 bits per heavy atom. The summed E-state index contributed by atoms with van der Waals surface area (Å²) in [6, 6.07) is 15.0. The summed E-state index contributed by atoms with van der Waals surface area (Å²) in [5.74, 6) is 0.878. The highest BCUT2D eigenvalue weighted by molar-refractivity contribution is 6.19. The van der Waals surface area contributed by atoms with E-state index in [4.69, 9.17) is 9.72 Å². The van der Waals surface area contributed by atoms with Crippen molar-refractivity contribution in [2.24, 2.45) is 0 Å². The molecule has 0 atom stereocenters. The first-order valence-corrected chi connectivity index (χ1v) is 7.56. The highest BCUT2D eigenvalue weighted by Crippen LogP contribution is 2.36. The van der Waals surface area contributed by atoms with Crippen LogP contribution in [0.15, 0.2) is 48.7 Å². The maximum absolute atomic E-state index is 5.42. The Bertz CT molecular complexity index is 999. The molecule has 0 amide bonds. The van der Waals surface area contributed by atoms with Gasteiger partial charge in [0, 0.05) is 28.4 Å². The first kappa shape index (κ1) is 13.1. The zero-order valence-electron chi connectivity index (χ0n) is 13.0. The molecule has 3 nitrogen and oxygen atoms in total. The van der Waals surface area contributed by atoms with E-state index in [0.717, 1.165) is 11.4 Å². The van der Waals surface area contributed by atoms with Crippen LogP contribution in [0.25, 0.3) is 32.7 Å². The van der Waals surface area contributed by atoms with Gasteiger partial charge in [-0.25, -0.2) is 4.98 Å². The Balaban J connectivity index is 2.29. The van der Waals surface area contributed by atoms with Crippen LogP contribution in [-0.2, 0) is 0 Å². The first-order valence-electron chi connectivity index (χ1n) is 7.56. The first-order chi connectivity index (χ1) is 10.7. The lowest BCUT2D eigenvalue weighted by molar-refractivity contribution is 0.415. The molecular weight excluding hydrogens is 272 g/mol. The summed E-state index contributed by atoms with van der Waals surface area (Å²) < 4.78 is 7.73. The molecule has 2 heterocycles. The number of benzene rings is 2. The summed E-state index contributed by atoms with van der Waals surface area (Å²) in [5, 5.41) is 4.82. The molecule has 0 spiro atoms. The third-order valence-corrected chi connectivity index (χ3v) is 4.26. The van der Waals surface area contributed by atoms with Crippen molar-refractivity contribution in [2.75, 3.05) is 7.11 Å². The number of nitrogens with zero attached hydrogens (tertiary/aromatic N) is 2. The fourth-order valence-corrected chi connectivity index (χ4v) is 3.29. The van der Waals surface area contributed by atoms with Crippen LogP contribution in [0.3, 0.4) is 0 Å². The lowest BCUT2D eigenvalue weighted by Gasteiger charge is -2.10. The summed E-state index contributed by atoms with van der Waals surface area (Å²) in [6.07, 6.45) is 1.96. The largest absolute Gasteiger partial charge is 0.497 e. The van der Waals surface area contributed by atoms with Crippen molar-refractivity contribution < 1.29 is 4.74 Å². The van der Waals surface area contributed by atoms with Crippen molar-refractivity contribution in [3.05, 3.63) is 48.7 Å². The van der Waals surface area contributed by atoms with Gasteiger partial charge in [-0.1, -0.05) is 24.3 Å². The van der Waals surface area contributed by atoms with E-state index >= 15 is 0 Å². The van der Waals surface area contributed by atoms with Crippen LogP contribution in [0, 0.1) is 0 Å². The average Bonchev–Trinajstić information content (AvgIpc) is 2.88. The number of aromatic nitrogens is 2. The highest BCUT2D eigenvalue weighted by atomic mass is 16.5. The van der Waals surface area contributed by atoms with Crippen LogP contribution in [0.1, 0.15) is 19.9 Å². The lowest BCUT2D eigenvalue weighted by Crippen LogP contribution is -2.01. The van der Waals surface area contributed by atoms with E-state index in [9.17, 15) is 0 Å². The molecule has 3 heteroatoms. The van der Waals surface area contributed by atoms with E-state index in [1.165, 1.54) is 27.1 Å². The molecular formula is C19H18N2O. The van der Waals surface area contributed by atoms with Crippen molar-refractivity contribution in [2.45, 2.75) is 19.9 Å². The highest BCUT2D eigenvalue weighted by Gasteiger charge is 2.16. The van der Waals surface area contributed by atoms with Crippen LogP contribution in [-0.4, -0.2) is 16.7 Å². The summed E-state index contributed by atoms with van der Waals surface area (Å²) >= 11 is 0. The van der Waals surface area contributed by atoms with Gasteiger partial charge in [0.1, 0.15) is 11.4 Å². The quantitative estimate of drug-likeness (QED) is 0.523. The Kier molecular flexibility index (Phi) is 2.83. The predicted molar refractivity (Wildman–Crippen MR) is 91.7 cm³/mol. The third kappa shape index (κ3) is 1.72. The molecule has 4 aromatic rings. The van der Waals surface area contributed by atoms with Crippen molar-refractivity contribution in [1.82, 2.24) is 9.55 Å². The zero-order chi connectivity index (χ0) is 15.3. The molecule has 0 fully saturated rings. The standard InChI is InChI=1S/C19H18N2O/c1-12(2)21-17-9-8-14(22-3)10-16(17)18-15-7-5-4-6-13(15)11-20-19(18)21/h4-12H,1-3H3. The molecule has 0 aliphatic rings. The molecule has 0 saturated carbocycles. The van der Waals surface area contributed by atoms with Gasteiger partial charge in [0.25, 0.3) is 0 Å². The molecule has 22 heavy (non-hydrogen) atoms. The van der Waals surface area contributed by atoms with Crippen molar-refractivity contribution >= 4 is 32.7 Å². The van der Waals surface area contributed by atoms with E-state index in [1.54, 1.807) is 7.11 Å². The SMILES string of the molecule is COc1ccc2c(c1)c1c3ccccc3cnc1n2C(C)C. The van der Waals surface area contributed by atoms with Gasteiger partial charge in [-0.3, -0.25) is 0 Å². The zero-order valence-corrected chi connectivity index (χ0v) is 13.0. The van der Waals surface area contributed by atoms with E-state index in [-0.39, 0.29) is 0 Å². The van der Waals surface area contributed by atoms with E-state index in [2.05, 4.69) is 54.8 Å². The maximum atomic E-state index is 5.42. The average molecular weight is 290 g/mol. The number of ether oxygens (including phenoxy) is 1. The molecule has 0 unspecified atom stereocenters. The second-order valence-electron chi connectivity index (χ2n) is 5.89. The number of pyridine rings is 1. The summed E-state index contributed by atoms with van der Waals surface area (Å²) in [6.45, 7) is 4.39. The molecule has 0 saturated heterocycles. The molecule has 2 aromatic carbocycles. The molecule has 4 rings (SSSR count).